The third-order valence-electron chi connectivity index (χ3n) is 10.5. The van der Waals surface area contributed by atoms with Crippen molar-refractivity contribution in [2.24, 2.45) is 0 Å². The quantitative estimate of drug-likeness (QED) is 0.154. The summed E-state index contributed by atoms with van der Waals surface area (Å²) in [7, 11) is 0. The van der Waals surface area contributed by atoms with E-state index in [1.54, 1.807) is 0 Å². The zero-order valence-electron chi connectivity index (χ0n) is 31.7. The molecule has 0 saturated heterocycles. The van der Waals surface area contributed by atoms with E-state index in [0.29, 0.717) is 22.6 Å². The van der Waals surface area contributed by atoms with Crippen molar-refractivity contribution in [1.82, 2.24) is 9.97 Å². The molecule has 8 rings (SSSR count). The van der Waals surface area contributed by atoms with Crippen molar-refractivity contribution in [1.29, 1.82) is 0 Å². The van der Waals surface area contributed by atoms with Crippen LogP contribution in [0.5, 0.6) is 5.75 Å². The summed E-state index contributed by atoms with van der Waals surface area (Å²) in [4.78, 5) is 9.96. The van der Waals surface area contributed by atoms with Crippen LogP contribution in [0.3, 0.4) is 0 Å². The molecule has 0 aliphatic carbocycles. The molecule has 2 aromatic heterocycles. The molecule has 0 amide bonds. The molecular formula is C50H43N2O2Pt-. The van der Waals surface area contributed by atoms with E-state index in [2.05, 4.69) is 132 Å². The average Bonchev–Trinajstić information content (AvgIpc) is 3.65. The minimum absolute atomic E-state index is 0. The van der Waals surface area contributed by atoms with Gasteiger partial charge in [-0.3, -0.25) is 4.98 Å². The molecule has 4 nitrogen and oxygen atoms in total. The SMILES string of the molecule is CC(c1ccccc1)c1cc(-c2nc3c(-c4[c-]c(-c5cc(-c6ccccc6)ccn5)cc(C(C)(C)C)c4)cccc3o2)c(O)c(C(C)c2ccccc2)c1.[Pt]. The predicted octanol–water partition coefficient (Wildman–Crippen LogP) is 13.0. The number of phenols is 1. The van der Waals surface area contributed by atoms with Crippen molar-refractivity contribution in [3.63, 3.8) is 0 Å². The van der Waals surface area contributed by atoms with Crippen molar-refractivity contribution in [3.8, 4) is 50.7 Å². The van der Waals surface area contributed by atoms with Crippen LogP contribution in [-0.4, -0.2) is 15.1 Å². The largest absolute Gasteiger partial charge is 0.507 e. The first kappa shape index (κ1) is 37.7. The summed E-state index contributed by atoms with van der Waals surface area (Å²) in [5, 5.41) is 12.0. The van der Waals surface area contributed by atoms with Crippen LogP contribution < -0.4 is 0 Å². The number of aromatic hydroxyl groups is 1. The van der Waals surface area contributed by atoms with Gasteiger partial charge in [-0.1, -0.05) is 161 Å². The Morgan fingerprint density at radius 2 is 1.25 bits per heavy atom. The Morgan fingerprint density at radius 3 is 1.93 bits per heavy atom. The summed E-state index contributed by atoms with van der Waals surface area (Å²) < 4.78 is 6.56. The second-order valence-corrected chi connectivity index (χ2v) is 15.2. The molecule has 2 unspecified atom stereocenters. The molecule has 276 valence electrons. The molecule has 0 aliphatic heterocycles. The van der Waals surface area contributed by atoms with Crippen molar-refractivity contribution in [3.05, 3.63) is 186 Å². The number of hydrogen-bond acceptors (Lipinski definition) is 4. The number of nitrogens with zero attached hydrogens (tertiary/aromatic N) is 2. The van der Waals surface area contributed by atoms with Crippen LogP contribution in [0.25, 0.3) is 56.1 Å². The van der Waals surface area contributed by atoms with E-state index in [1.807, 2.05) is 60.8 Å². The van der Waals surface area contributed by atoms with Crippen molar-refractivity contribution < 1.29 is 30.6 Å². The average molecular weight is 899 g/mol. The minimum atomic E-state index is -0.133. The van der Waals surface area contributed by atoms with Crippen LogP contribution in [0.15, 0.2) is 156 Å². The Bertz CT molecular complexity index is 2570. The second kappa shape index (κ2) is 15.7. The normalized spacial score (nSPS) is 12.6. The van der Waals surface area contributed by atoms with Gasteiger partial charge in [0, 0.05) is 50.4 Å². The Hall–Kier alpha value is -5.57. The predicted molar refractivity (Wildman–Crippen MR) is 221 cm³/mol. The van der Waals surface area contributed by atoms with Gasteiger partial charge in [-0.2, -0.15) is 0 Å². The fourth-order valence-electron chi connectivity index (χ4n) is 7.23. The Kier molecular flexibility index (Phi) is 10.7. The number of rotatable bonds is 8. The molecule has 0 fully saturated rings. The number of para-hydroxylation sites is 1. The van der Waals surface area contributed by atoms with Crippen LogP contribution in [0.4, 0.5) is 0 Å². The molecule has 1 N–H and O–H groups in total. The number of hydrogen-bond donors (Lipinski definition) is 1. The maximum Gasteiger partial charge on any atom is 0.230 e. The molecule has 6 aromatic carbocycles. The summed E-state index contributed by atoms with van der Waals surface area (Å²) in [6.45, 7) is 11.0. The number of aromatic nitrogens is 2. The third-order valence-corrected chi connectivity index (χ3v) is 10.5. The number of oxazole rings is 1. The van der Waals surface area contributed by atoms with Gasteiger partial charge in [0.2, 0.25) is 5.89 Å². The Balaban J connectivity index is 0.00000465. The van der Waals surface area contributed by atoms with Gasteiger partial charge in [-0.25, -0.2) is 4.98 Å². The van der Waals surface area contributed by atoms with E-state index in [1.165, 1.54) is 11.1 Å². The summed E-state index contributed by atoms with van der Waals surface area (Å²) in [6, 6.07) is 53.6. The minimum Gasteiger partial charge on any atom is -0.507 e. The van der Waals surface area contributed by atoms with Crippen molar-refractivity contribution >= 4 is 11.1 Å². The molecule has 2 atom stereocenters. The summed E-state index contributed by atoms with van der Waals surface area (Å²) in [6.07, 6.45) is 1.87. The van der Waals surface area contributed by atoms with E-state index in [-0.39, 0.29) is 44.1 Å². The first-order chi connectivity index (χ1) is 26.1. The second-order valence-electron chi connectivity index (χ2n) is 15.2. The van der Waals surface area contributed by atoms with E-state index in [4.69, 9.17) is 14.4 Å². The molecule has 2 heterocycles. The molecule has 55 heavy (non-hydrogen) atoms. The van der Waals surface area contributed by atoms with Crippen LogP contribution in [0.2, 0.25) is 0 Å². The molecule has 0 radical (unpaired) electrons. The molecule has 0 aliphatic rings. The first-order valence-corrected chi connectivity index (χ1v) is 18.6. The van der Waals surface area contributed by atoms with Crippen LogP contribution in [0, 0.1) is 6.07 Å². The van der Waals surface area contributed by atoms with Gasteiger partial charge in [-0.15, -0.1) is 29.3 Å². The van der Waals surface area contributed by atoms with Gasteiger partial charge in [0.25, 0.3) is 0 Å². The van der Waals surface area contributed by atoms with Gasteiger partial charge in [0.15, 0.2) is 0 Å². The molecule has 0 saturated carbocycles. The van der Waals surface area contributed by atoms with Gasteiger partial charge in [0.1, 0.15) is 11.3 Å². The molecule has 8 aromatic rings. The smallest absolute Gasteiger partial charge is 0.230 e. The van der Waals surface area contributed by atoms with Gasteiger partial charge < -0.3 is 9.52 Å². The van der Waals surface area contributed by atoms with Gasteiger partial charge in [-0.05, 0) is 51.4 Å². The maximum atomic E-state index is 12.0. The fraction of sp³-hybridized carbons (Fsp3) is 0.160. The topological polar surface area (TPSA) is 59.2 Å². The summed E-state index contributed by atoms with van der Waals surface area (Å²) in [5.41, 5.74) is 13.0. The van der Waals surface area contributed by atoms with E-state index < -0.39 is 0 Å². The zero-order chi connectivity index (χ0) is 37.4. The molecular weight excluding hydrogens is 856 g/mol. The van der Waals surface area contributed by atoms with Crippen LogP contribution >= 0.6 is 0 Å². The number of pyridine rings is 1. The molecule has 0 spiro atoms. The van der Waals surface area contributed by atoms with Crippen LogP contribution in [-0.2, 0) is 26.5 Å². The van der Waals surface area contributed by atoms with Gasteiger partial charge >= 0.3 is 0 Å². The number of phenolic OH excluding ortho intramolecular Hbond substituents is 1. The van der Waals surface area contributed by atoms with Crippen molar-refractivity contribution in [2.75, 3.05) is 0 Å². The maximum absolute atomic E-state index is 12.0. The first-order valence-electron chi connectivity index (χ1n) is 18.6. The standard InChI is InChI=1S/C50H43N2O2.Pt/c1-32(34-16-9-6-10-17-34)38-29-43(33(2)35-18-11-7-12-19-35)48(53)44(30-38)49-52-47-42(22-15-23-46(47)54-49)39-26-40(28-41(27-39)50(3,4)5)45-31-37(24-25-51-45)36-20-13-8-14-21-36;/h6-25,27-33,53H,1-5H3;/q-1;. The summed E-state index contributed by atoms with van der Waals surface area (Å²) in [5.74, 6) is 0.573. The number of benzene rings is 6. The van der Waals surface area contributed by atoms with Crippen LogP contribution in [0.1, 0.15) is 74.3 Å². The van der Waals surface area contributed by atoms with E-state index >= 15 is 0 Å². The monoisotopic (exact) mass is 898 g/mol. The third kappa shape index (κ3) is 7.70. The molecule has 5 heteroatoms. The Morgan fingerprint density at radius 1 is 0.618 bits per heavy atom. The van der Waals surface area contributed by atoms with Crippen molar-refractivity contribution in [2.45, 2.75) is 51.9 Å². The van der Waals surface area contributed by atoms with Gasteiger partial charge in [0.05, 0.1) is 11.1 Å². The van der Waals surface area contributed by atoms with E-state index in [0.717, 1.165) is 50.2 Å². The number of fused-ring (bicyclic) bond motifs is 1. The Labute approximate surface area is 338 Å². The zero-order valence-corrected chi connectivity index (χ0v) is 33.9. The molecule has 0 bridgehead atoms. The summed E-state index contributed by atoms with van der Waals surface area (Å²) >= 11 is 0. The fourth-order valence-corrected chi connectivity index (χ4v) is 7.23. The van der Waals surface area contributed by atoms with E-state index in [9.17, 15) is 5.11 Å².